The van der Waals surface area contributed by atoms with Gasteiger partial charge in [0.05, 0.1) is 6.54 Å². The SMILES string of the molecule is CN(Cc1cc(Br)cs1)C(=O)c1cc(F)c(NN)c(F)c1. The molecule has 21 heavy (non-hydrogen) atoms. The van der Waals surface area contributed by atoms with Crippen LogP contribution >= 0.6 is 27.3 Å². The molecular weight excluding hydrogens is 364 g/mol. The number of nitrogens with one attached hydrogen (secondary N) is 1. The van der Waals surface area contributed by atoms with Gasteiger partial charge in [0.15, 0.2) is 11.6 Å². The first-order chi connectivity index (χ1) is 9.92. The molecule has 0 saturated carbocycles. The fourth-order valence-corrected chi connectivity index (χ4v) is 3.30. The molecule has 2 rings (SSSR count). The van der Waals surface area contributed by atoms with Gasteiger partial charge in [0.2, 0.25) is 0 Å². The Labute approximate surface area is 132 Å². The van der Waals surface area contributed by atoms with Crippen molar-refractivity contribution in [2.45, 2.75) is 6.54 Å². The van der Waals surface area contributed by atoms with Crippen LogP contribution in [0.25, 0.3) is 0 Å². The summed E-state index contributed by atoms with van der Waals surface area (Å²) in [6.45, 7) is 0.356. The van der Waals surface area contributed by atoms with Crippen molar-refractivity contribution in [2.24, 2.45) is 5.84 Å². The van der Waals surface area contributed by atoms with Gasteiger partial charge in [0.1, 0.15) is 5.69 Å². The predicted molar refractivity (Wildman–Crippen MR) is 82.0 cm³/mol. The Morgan fingerprint density at radius 3 is 2.48 bits per heavy atom. The van der Waals surface area contributed by atoms with Crippen molar-refractivity contribution in [3.05, 3.63) is 50.1 Å². The van der Waals surface area contributed by atoms with E-state index in [0.717, 1.165) is 21.5 Å². The number of hydrazine groups is 1. The summed E-state index contributed by atoms with van der Waals surface area (Å²) in [4.78, 5) is 14.5. The highest BCUT2D eigenvalue weighted by Gasteiger charge is 2.18. The largest absolute Gasteiger partial charge is 0.337 e. The van der Waals surface area contributed by atoms with Gasteiger partial charge in [-0.3, -0.25) is 10.6 Å². The molecule has 0 unspecified atom stereocenters. The lowest BCUT2D eigenvalue weighted by atomic mass is 10.1. The summed E-state index contributed by atoms with van der Waals surface area (Å²) in [5.74, 6) is 2.72. The van der Waals surface area contributed by atoms with E-state index in [4.69, 9.17) is 5.84 Å². The number of nitrogens with two attached hydrogens (primary N) is 1. The van der Waals surface area contributed by atoms with E-state index < -0.39 is 23.2 Å². The van der Waals surface area contributed by atoms with Gasteiger partial charge in [-0.15, -0.1) is 11.3 Å². The summed E-state index contributed by atoms with van der Waals surface area (Å²) in [6.07, 6.45) is 0. The van der Waals surface area contributed by atoms with Crippen LogP contribution in [0.2, 0.25) is 0 Å². The number of thiophene rings is 1. The molecule has 4 nitrogen and oxygen atoms in total. The van der Waals surface area contributed by atoms with E-state index in [-0.39, 0.29) is 5.56 Å². The van der Waals surface area contributed by atoms with Crippen molar-refractivity contribution in [2.75, 3.05) is 12.5 Å². The minimum Gasteiger partial charge on any atom is -0.337 e. The zero-order valence-electron chi connectivity index (χ0n) is 11.0. The topological polar surface area (TPSA) is 58.4 Å². The van der Waals surface area contributed by atoms with Gasteiger partial charge in [-0.25, -0.2) is 8.78 Å². The standard InChI is InChI=1S/C13H12BrF2N3OS/c1-19(5-9-4-8(14)6-21-9)13(20)7-2-10(15)12(18-17)11(16)3-7/h2-4,6,18H,5,17H2,1H3. The fraction of sp³-hybridized carbons (Fsp3) is 0.154. The number of halogens is 3. The van der Waals surface area contributed by atoms with E-state index in [1.165, 1.54) is 16.2 Å². The van der Waals surface area contributed by atoms with Gasteiger partial charge in [0.25, 0.3) is 5.91 Å². The molecule has 0 fully saturated rings. The molecule has 0 saturated heterocycles. The molecule has 1 amide bonds. The molecule has 0 aliphatic carbocycles. The van der Waals surface area contributed by atoms with E-state index >= 15 is 0 Å². The van der Waals surface area contributed by atoms with Crippen molar-refractivity contribution in [1.82, 2.24) is 4.90 Å². The monoisotopic (exact) mass is 375 g/mol. The maximum absolute atomic E-state index is 13.6. The fourth-order valence-electron chi connectivity index (χ4n) is 1.80. The molecule has 0 atom stereocenters. The Morgan fingerprint density at radius 1 is 1.38 bits per heavy atom. The third kappa shape index (κ3) is 3.58. The third-order valence-corrected chi connectivity index (χ3v) is 4.48. The molecule has 2 aromatic rings. The van der Waals surface area contributed by atoms with Crippen LogP contribution in [-0.4, -0.2) is 17.9 Å². The Balaban J connectivity index is 2.19. The first kappa shape index (κ1) is 15.9. The number of hydrogen-bond donors (Lipinski definition) is 2. The minimum absolute atomic E-state index is 0.0675. The van der Waals surface area contributed by atoms with Crippen LogP contribution in [0.3, 0.4) is 0 Å². The summed E-state index contributed by atoms with van der Waals surface area (Å²) < 4.78 is 28.1. The van der Waals surface area contributed by atoms with E-state index in [2.05, 4.69) is 15.9 Å². The van der Waals surface area contributed by atoms with Crippen molar-refractivity contribution in [3.8, 4) is 0 Å². The Bertz CT molecular complexity index is 654. The Kier molecular flexibility index (Phi) is 4.92. The second-order valence-electron chi connectivity index (χ2n) is 4.35. The van der Waals surface area contributed by atoms with Gasteiger partial charge < -0.3 is 10.3 Å². The normalized spacial score (nSPS) is 10.5. The van der Waals surface area contributed by atoms with Gasteiger partial charge in [-0.1, -0.05) is 0 Å². The van der Waals surface area contributed by atoms with E-state index in [1.807, 2.05) is 16.9 Å². The number of benzene rings is 1. The van der Waals surface area contributed by atoms with Crippen molar-refractivity contribution < 1.29 is 13.6 Å². The molecule has 1 aromatic heterocycles. The zero-order valence-corrected chi connectivity index (χ0v) is 13.4. The number of hydrogen-bond acceptors (Lipinski definition) is 4. The molecule has 3 N–H and O–H groups in total. The highest BCUT2D eigenvalue weighted by atomic mass is 79.9. The van der Waals surface area contributed by atoms with Crippen LogP contribution in [0.1, 0.15) is 15.2 Å². The number of nitrogen functional groups attached to an aromatic ring is 1. The second kappa shape index (κ2) is 6.50. The molecule has 0 spiro atoms. The van der Waals surface area contributed by atoms with Crippen molar-refractivity contribution in [1.29, 1.82) is 0 Å². The zero-order chi connectivity index (χ0) is 15.6. The van der Waals surface area contributed by atoms with Gasteiger partial charge >= 0.3 is 0 Å². The summed E-state index contributed by atoms with van der Waals surface area (Å²) >= 11 is 4.82. The predicted octanol–water partition coefficient (Wildman–Crippen LogP) is 3.35. The molecular formula is C13H12BrF2N3OS. The maximum atomic E-state index is 13.6. The molecule has 0 aliphatic rings. The van der Waals surface area contributed by atoms with Crippen LogP contribution < -0.4 is 11.3 Å². The molecule has 0 radical (unpaired) electrons. The lowest BCUT2D eigenvalue weighted by Gasteiger charge is -2.17. The number of amides is 1. The minimum atomic E-state index is -0.909. The van der Waals surface area contributed by atoms with E-state index in [9.17, 15) is 13.6 Å². The summed E-state index contributed by atoms with van der Waals surface area (Å²) in [7, 11) is 1.57. The van der Waals surface area contributed by atoms with Gasteiger partial charge in [-0.2, -0.15) is 0 Å². The summed E-state index contributed by atoms with van der Waals surface area (Å²) in [6, 6.07) is 3.81. The lowest BCUT2D eigenvalue weighted by Crippen LogP contribution is -2.26. The molecule has 8 heteroatoms. The van der Waals surface area contributed by atoms with Crippen LogP contribution in [0.5, 0.6) is 0 Å². The maximum Gasteiger partial charge on any atom is 0.254 e. The number of rotatable bonds is 4. The number of carbonyl (C=O) groups excluding carboxylic acids is 1. The lowest BCUT2D eigenvalue weighted by molar-refractivity contribution is 0.0785. The van der Waals surface area contributed by atoms with E-state index in [1.54, 1.807) is 7.05 Å². The van der Waals surface area contributed by atoms with Crippen LogP contribution in [0.4, 0.5) is 14.5 Å². The average molecular weight is 376 g/mol. The third-order valence-electron chi connectivity index (χ3n) is 2.79. The Hall–Kier alpha value is -1.51. The van der Waals surface area contributed by atoms with Crippen molar-refractivity contribution in [3.63, 3.8) is 0 Å². The second-order valence-corrected chi connectivity index (χ2v) is 6.26. The first-order valence-corrected chi connectivity index (χ1v) is 7.53. The highest BCUT2D eigenvalue weighted by molar-refractivity contribution is 9.10. The number of nitrogens with zero attached hydrogens (tertiary/aromatic N) is 1. The van der Waals surface area contributed by atoms with Gasteiger partial charge in [0, 0.05) is 27.3 Å². The molecule has 112 valence electrons. The van der Waals surface area contributed by atoms with Crippen LogP contribution in [0, 0.1) is 11.6 Å². The molecule has 0 aliphatic heterocycles. The van der Waals surface area contributed by atoms with E-state index in [0.29, 0.717) is 6.54 Å². The first-order valence-electron chi connectivity index (χ1n) is 5.86. The molecule has 1 aromatic carbocycles. The van der Waals surface area contributed by atoms with Gasteiger partial charge in [-0.05, 0) is 34.1 Å². The summed E-state index contributed by atoms with van der Waals surface area (Å²) in [5, 5.41) is 1.90. The van der Waals surface area contributed by atoms with Crippen LogP contribution in [0.15, 0.2) is 28.1 Å². The quantitative estimate of drug-likeness (QED) is 0.636. The smallest absolute Gasteiger partial charge is 0.254 e. The average Bonchev–Trinajstić information content (AvgIpc) is 2.82. The number of carbonyl (C=O) groups is 1. The molecule has 1 heterocycles. The molecule has 0 bridgehead atoms. The van der Waals surface area contributed by atoms with Crippen molar-refractivity contribution >= 4 is 38.9 Å². The highest BCUT2D eigenvalue weighted by Crippen LogP contribution is 2.23. The van der Waals surface area contributed by atoms with Crippen LogP contribution in [-0.2, 0) is 6.54 Å². The Morgan fingerprint density at radius 2 is 2.00 bits per heavy atom. The summed E-state index contributed by atoms with van der Waals surface area (Å²) in [5.41, 5.74) is 1.39. The number of anilines is 1.